The smallest absolute Gasteiger partial charge is 0.272 e. The monoisotopic (exact) mass is 348 g/mol. The van der Waals surface area contributed by atoms with Gasteiger partial charge in [-0.05, 0) is 24.3 Å². The zero-order chi connectivity index (χ0) is 17.3. The lowest BCUT2D eigenvalue weighted by Gasteiger charge is -2.12. The second-order valence-electron chi connectivity index (χ2n) is 5.03. The highest BCUT2D eigenvalue weighted by molar-refractivity contribution is 6.32. The number of anilines is 1. The van der Waals surface area contributed by atoms with Crippen molar-refractivity contribution in [1.82, 2.24) is 4.98 Å². The summed E-state index contributed by atoms with van der Waals surface area (Å²) in [5, 5.41) is 3.37. The van der Waals surface area contributed by atoms with Crippen LogP contribution in [0.25, 0.3) is 10.9 Å². The van der Waals surface area contributed by atoms with Gasteiger partial charge in [-0.1, -0.05) is 17.7 Å². The van der Waals surface area contributed by atoms with E-state index >= 15 is 0 Å². The van der Waals surface area contributed by atoms with E-state index in [2.05, 4.69) is 10.3 Å². The van der Waals surface area contributed by atoms with E-state index in [1.807, 2.05) is 0 Å². The van der Waals surface area contributed by atoms with Crippen LogP contribution in [-0.2, 0) is 0 Å². The van der Waals surface area contributed by atoms with Gasteiger partial charge in [0.15, 0.2) is 0 Å². The van der Waals surface area contributed by atoms with Gasteiger partial charge in [0, 0.05) is 17.0 Å². The summed E-state index contributed by atoms with van der Waals surface area (Å²) in [4.78, 5) is 15.3. The van der Waals surface area contributed by atoms with Crippen LogP contribution in [0.4, 0.5) is 10.1 Å². The summed E-state index contributed by atoms with van der Waals surface area (Å²) in [5.74, 6) is -0.0101. The van der Waals surface area contributed by atoms with Crippen LogP contribution < -0.4 is 14.8 Å². The third-order valence-corrected chi connectivity index (χ3v) is 3.87. The van der Waals surface area contributed by atoms with Crippen LogP contribution >= 0.6 is 11.6 Å². The lowest BCUT2D eigenvalue weighted by atomic mass is 10.2. The molecule has 7 heteroatoms. The van der Waals surface area contributed by atoms with Crippen LogP contribution in [0.2, 0.25) is 5.02 Å². The molecule has 0 saturated heterocycles. The number of H-pyrrole nitrogens is 1. The Bertz CT molecular complexity index is 924. The van der Waals surface area contributed by atoms with Crippen molar-refractivity contribution >= 4 is 34.1 Å². The molecular weight excluding hydrogens is 335 g/mol. The Morgan fingerprint density at radius 2 is 1.92 bits per heavy atom. The first-order valence-corrected chi connectivity index (χ1v) is 7.41. The maximum absolute atomic E-state index is 13.7. The fraction of sp³-hybridized carbons (Fsp3) is 0.118. The summed E-state index contributed by atoms with van der Waals surface area (Å²) < 4.78 is 24.1. The molecule has 0 atom stereocenters. The van der Waals surface area contributed by atoms with Crippen molar-refractivity contribution in [3.63, 3.8) is 0 Å². The first-order valence-electron chi connectivity index (χ1n) is 7.03. The molecule has 124 valence electrons. The van der Waals surface area contributed by atoms with Crippen molar-refractivity contribution in [2.24, 2.45) is 0 Å². The number of benzene rings is 2. The Morgan fingerprint density at radius 3 is 2.58 bits per heavy atom. The number of rotatable bonds is 4. The van der Waals surface area contributed by atoms with Gasteiger partial charge < -0.3 is 19.8 Å². The Balaban J connectivity index is 1.94. The van der Waals surface area contributed by atoms with E-state index < -0.39 is 11.7 Å². The molecule has 0 saturated carbocycles. The number of hydrogen-bond acceptors (Lipinski definition) is 3. The maximum Gasteiger partial charge on any atom is 0.272 e. The van der Waals surface area contributed by atoms with Crippen molar-refractivity contribution in [2.75, 3.05) is 19.5 Å². The van der Waals surface area contributed by atoms with Crippen LogP contribution in [-0.4, -0.2) is 25.1 Å². The molecule has 0 fully saturated rings. The number of halogens is 2. The van der Waals surface area contributed by atoms with Gasteiger partial charge >= 0.3 is 0 Å². The summed E-state index contributed by atoms with van der Waals surface area (Å²) in [6.45, 7) is 0. The normalized spacial score (nSPS) is 10.7. The molecule has 0 radical (unpaired) electrons. The van der Waals surface area contributed by atoms with Gasteiger partial charge in [-0.25, -0.2) is 4.39 Å². The SMILES string of the molecule is COc1cc(OC)c(NC(=O)c2cc3c(F)cccc3[nH]2)cc1Cl. The van der Waals surface area contributed by atoms with Crippen molar-refractivity contribution in [1.29, 1.82) is 0 Å². The third-order valence-electron chi connectivity index (χ3n) is 3.58. The van der Waals surface area contributed by atoms with Gasteiger partial charge in [0.1, 0.15) is 23.0 Å². The summed E-state index contributed by atoms with van der Waals surface area (Å²) in [7, 11) is 2.95. The van der Waals surface area contributed by atoms with Gasteiger partial charge in [0.25, 0.3) is 5.91 Å². The first kappa shape index (κ1) is 16.1. The van der Waals surface area contributed by atoms with Crippen LogP contribution in [0.1, 0.15) is 10.5 Å². The Labute approximate surface area is 142 Å². The highest BCUT2D eigenvalue weighted by Gasteiger charge is 2.16. The number of carbonyl (C=O) groups excluding carboxylic acids is 1. The minimum absolute atomic E-state index is 0.226. The van der Waals surface area contributed by atoms with Gasteiger partial charge in [0.2, 0.25) is 0 Å². The molecular formula is C17H14ClFN2O3. The molecule has 2 aromatic carbocycles. The number of fused-ring (bicyclic) bond motifs is 1. The molecule has 5 nitrogen and oxygen atoms in total. The van der Waals surface area contributed by atoms with Crippen LogP contribution in [0.5, 0.6) is 11.5 Å². The molecule has 1 heterocycles. The Kier molecular flexibility index (Phi) is 4.31. The molecule has 24 heavy (non-hydrogen) atoms. The van der Waals surface area contributed by atoms with Crippen molar-refractivity contribution in [3.8, 4) is 11.5 Å². The predicted molar refractivity (Wildman–Crippen MR) is 90.8 cm³/mol. The number of ether oxygens (including phenoxy) is 2. The van der Waals surface area contributed by atoms with E-state index in [4.69, 9.17) is 21.1 Å². The molecule has 1 amide bonds. The zero-order valence-electron chi connectivity index (χ0n) is 12.9. The summed E-state index contributed by atoms with van der Waals surface area (Å²) in [6.07, 6.45) is 0. The van der Waals surface area contributed by atoms with Gasteiger partial charge in [-0.15, -0.1) is 0 Å². The minimum atomic E-state index is -0.440. The number of carbonyl (C=O) groups is 1. The number of aromatic amines is 1. The zero-order valence-corrected chi connectivity index (χ0v) is 13.7. The average Bonchev–Trinajstić information content (AvgIpc) is 3.01. The van der Waals surface area contributed by atoms with Crippen molar-refractivity contribution in [3.05, 3.63) is 52.9 Å². The molecule has 0 bridgehead atoms. The molecule has 0 spiro atoms. The van der Waals surface area contributed by atoms with E-state index in [1.54, 1.807) is 18.2 Å². The topological polar surface area (TPSA) is 63.4 Å². The molecule has 2 N–H and O–H groups in total. The second-order valence-corrected chi connectivity index (χ2v) is 5.43. The quantitative estimate of drug-likeness (QED) is 0.741. The first-order chi connectivity index (χ1) is 11.5. The lowest BCUT2D eigenvalue weighted by Crippen LogP contribution is -2.13. The molecule has 0 aliphatic heterocycles. The van der Waals surface area contributed by atoms with E-state index in [0.717, 1.165) is 0 Å². The standard InChI is InChI=1S/C17H14ClFN2O3/c1-23-15-8-16(24-2)13(7-10(15)18)21-17(22)14-6-9-11(19)4-3-5-12(9)20-14/h3-8,20H,1-2H3,(H,21,22). The number of nitrogens with one attached hydrogen (secondary N) is 2. The molecule has 0 aliphatic rings. The predicted octanol–water partition coefficient (Wildman–Crippen LogP) is 4.23. The van der Waals surface area contributed by atoms with Crippen LogP contribution in [0, 0.1) is 5.82 Å². The third kappa shape index (κ3) is 2.88. The fourth-order valence-electron chi connectivity index (χ4n) is 2.39. The molecule has 3 rings (SSSR count). The van der Waals surface area contributed by atoms with Crippen molar-refractivity contribution in [2.45, 2.75) is 0 Å². The Hall–Kier alpha value is -2.73. The highest BCUT2D eigenvalue weighted by Crippen LogP contribution is 2.36. The molecule has 0 aliphatic carbocycles. The van der Waals surface area contributed by atoms with E-state index in [-0.39, 0.29) is 5.69 Å². The average molecular weight is 349 g/mol. The highest BCUT2D eigenvalue weighted by atomic mass is 35.5. The number of methoxy groups -OCH3 is 2. The number of aromatic nitrogens is 1. The van der Waals surface area contributed by atoms with Crippen molar-refractivity contribution < 1.29 is 18.7 Å². The van der Waals surface area contributed by atoms with Crippen LogP contribution in [0.15, 0.2) is 36.4 Å². The van der Waals surface area contributed by atoms with Gasteiger partial charge in [-0.2, -0.15) is 0 Å². The largest absolute Gasteiger partial charge is 0.495 e. The summed E-state index contributed by atoms with van der Waals surface area (Å²) >= 11 is 6.08. The number of hydrogen-bond donors (Lipinski definition) is 2. The lowest BCUT2D eigenvalue weighted by molar-refractivity contribution is 0.102. The number of amides is 1. The molecule has 3 aromatic rings. The van der Waals surface area contributed by atoms with Gasteiger partial charge in [0.05, 0.1) is 24.9 Å². The van der Waals surface area contributed by atoms with E-state index in [9.17, 15) is 9.18 Å². The van der Waals surface area contributed by atoms with Gasteiger partial charge in [-0.3, -0.25) is 4.79 Å². The minimum Gasteiger partial charge on any atom is -0.495 e. The van der Waals surface area contributed by atoms with E-state index in [0.29, 0.717) is 33.1 Å². The Morgan fingerprint density at radius 1 is 1.17 bits per heavy atom. The maximum atomic E-state index is 13.7. The fourth-order valence-corrected chi connectivity index (χ4v) is 2.63. The second kappa shape index (κ2) is 6.41. The van der Waals surface area contributed by atoms with E-state index in [1.165, 1.54) is 32.4 Å². The van der Waals surface area contributed by atoms with Crippen LogP contribution in [0.3, 0.4) is 0 Å². The summed E-state index contributed by atoms with van der Waals surface area (Å²) in [5.41, 5.74) is 1.15. The summed E-state index contributed by atoms with van der Waals surface area (Å²) in [6, 6.07) is 9.16. The molecule has 1 aromatic heterocycles. The molecule has 0 unspecified atom stereocenters.